The smallest absolute Gasteiger partial charge is 0.240 e. The van der Waals surface area contributed by atoms with Crippen LogP contribution in [0.1, 0.15) is 12.8 Å². The summed E-state index contributed by atoms with van der Waals surface area (Å²) >= 11 is 1.59. The first-order chi connectivity index (χ1) is 8.62. The number of nitrogens with one attached hydrogen (secondary N) is 1. The van der Waals surface area contributed by atoms with Gasteiger partial charge in [0.2, 0.25) is 10.0 Å². The van der Waals surface area contributed by atoms with Crippen molar-refractivity contribution >= 4 is 21.8 Å². The van der Waals surface area contributed by atoms with Gasteiger partial charge < -0.3 is 4.74 Å². The van der Waals surface area contributed by atoms with Crippen molar-refractivity contribution in [1.29, 1.82) is 0 Å². The molecule has 1 aliphatic rings. The lowest BCUT2D eigenvalue weighted by Crippen LogP contribution is -2.31. The molecule has 1 heterocycles. The largest absolute Gasteiger partial charge is 0.377 e. The quantitative estimate of drug-likeness (QED) is 0.840. The lowest BCUT2D eigenvalue weighted by Gasteiger charge is -2.11. The van der Waals surface area contributed by atoms with Crippen molar-refractivity contribution in [3.8, 4) is 0 Å². The molecule has 1 aromatic rings. The van der Waals surface area contributed by atoms with Crippen molar-refractivity contribution in [2.75, 3.05) is 19.4 Å². The van der Waals surface area contributed by atoms with Crippen LogP contribution in [0.2, 0.25) is 0 Å². The lowest BCUT2D eigenvalue weighted by molar-refractivity contribution is 0.114. The van der Waals surface area contributed by atoms with Gasteiger partial charge in [0.15, 0.2) is 0 Å². The van der Waals surface area contributed by atoms with E-state index in [1.165, 1.54) is 0 Å². The van der Waals surface area contributed by atoms with Crippen LogP contribution in [0, 0.1) is 0 Å². The molecule has 0 bridgehead atoms. The van der Waals surface area contributed by atoms with E-state index < -0.39 is 10.0 Å². The summed E-state index contributed by atoms with van der Waals surface area (Å²) in [6.45, 7) is 1.08. The highest BCUT2D eigenvalue weighted by Gasteiger charge is 2.20. The summed E-state index contributed by atoms with van der Waals surface area (Å²) in [6.07, 6.45) is 3.91. The van der Waals surface area contributed by atoms with Gasteiger partial charge in [-0.25, -0.2) is 13.1 Å². The first-order valence-corrected chi connectivity index (χ1v) is 8.58. The number of thioether (sulfide) groups is 1. The summed E-state index contributed by atoms with van der Waals surface area (Å²) in [5.41, 5.74) is 0. The van der Waals surface area contributed by atoms with Crippen molar-refractivity contribution in [3.05, 3.63) is 24.3 Å². The minimum absolute atomic E-state index is 0.0187. The third-order valence-corrected chi connectivity index (χ3v) is 5.08. The van der Waals surface area contributed by atoms with Crippen LogP contribution in [0.4, 0.5) is 0 Å². The van der Waals surface area contributed by atoms with Gasteiger partial charge in [-0.05, 0) is 43.4 Å². The van der Waals surface area contributed by atoms with E-state index in [1.54, 1.807) is 23.9 Å². The van der Waals surface area contributed by atoms with Gasteiger partial charge >= 0.3 is 0 Å². The molecule has 0 amide bonds. The van der Waals surface area contributed by atoms with Crippen molar-refractivity contribution in [1.82, 2.24) is 4.72 Å². The highest BCUT2D eigenvalue weighted by atomic mass is 32.2. The Kier molecular flexibility index (Phi) is 4.66. The Morgan fingerprint density at radius 2 is 2.11 bits per heavy atom. The van der Waals surface area contributed by atoms with Gasteiger partial charge in [-0.1, -0.05) is 0 Å². The maximum atomic E-state index is 12.0. The van der Waals surface area contributed by atoms with Crippen molar-refractivity contribution in [3.63, 3.8) is 0 Å². The minimum Gasteiger partial charge on any atom is -0.377 e. The topological polar surface area (TPSA) is 55.4 Å². The second-order valence-corrected chi connectivity index (χ2v) is 6.81. The Labute approximate surface area is 112 Å². The van der Waals surface area contributed by atoms with E-state index in [2.05, 4.69) is 4.72 Å². The zero-order valence-corrected chi connectivity index (χ0v) is 11.9. The molecule has 1 saturated heterocycles. The van der Waals surface area contributed by atoms with Gasteiger partial charge in [0.05, 0.1) is 11.0 Å². The first kappa shape index (κ1) is 13.9. The van der Waals surface area contributed by atoms with Gasteiger partial charge in [-0.2, -0.15) is 0 Å². The molecule has 0 aliphatic carbocycles. The van der Waals surface area contributed by atoms with E-state index in [0.717, 1.165) is 24.3 Å². The zero-order valence-electron chi connectivity index (χ0n) is 10.3. The Bertz CT molecular complexity index is 479. The zero-order chi connectivity index (χ0) is 13.0. The number of sulfonamides is 1. The molecular formula is C12H17NO3S2. The van der Waals surface area contributed by atoms with E-state index in [0.29, 0.717) is 11.4 Å². The molecule has 0 radical (unpaired) electrons. The molecule has 1 fully saturated rings. The summed E-state index contributed by atoms with van der Waals surface area (Å²) in [5, 5.41) is 0. The molecule has 0 spiro atoms. The monoisotopic (exact) mass is 287 g/mol. The number of rotatable bonds is 5. The highest BCUT2D eigenvalue weighted by molar-refractivity contribution is 7.98. The first-order valence-electron chi connectivity index (χ1n) is 5.87. The molecule has 100 valence electrons. The molecule has 1 N–H and O–H groups in total. The highest BCUT2D eigenvalue weighted by Crippen LogP contribution is 2.18. The number of ether oxygens (including phenoxy) is 1. The van der Waals surface area contributed by atoms with E-state index in [4.69, 9.17) is 4.74 Å². The average Bonchev–Trinajstić information content (AvgIpc) is 2.90. The van der Waals surface area contributed by atoms with E-state index in [-0.39, 0.29) is 6.10 Å². The molecule has 1 unspecified atom stereocenters. The summed E-state index contributed by atoms with van der Waals surface area (Å²) in [5.74, 6) is 0. The summed E-state index contributed by atoms with van der Waals surface area (Å²) in [6, 6.07) is 6.88. The van der Waals surface area contributed by atoms with Gasteiger partial charge in [-0.3, -0.25) is 0 Å². The third-order valence-electron chi connectivity index (χ3n) is 2.89. The fraction of sp³-hybridized carbons (Fsp3) is 0.500. The average molecular weight is 287 g/mol. The van der Waals surface area contributed by atoms with Crippen LogP contribution < -0.4 is 4.72 Å². The summed E-state index contributed by atoms with van der Waals surface area (Å²) in [4.78, 5) is 1.35. The van der Waals surface area contributed by atoms with Crippen LogP contribution in [-0.2, 0) is 14.8 Å². The molecule has 1 aromatic carbocycles. The standard InChI is InChI=1S/C12H17NO3S2/c1-17-11-4-6-12(7-5-11)18(14,15)13-9-10-3-2-8-16-10/h4-7,10,13H,2-3,8-9H2,1H3. The van der Waals surface area contributed by atoms with Gasteiger partial charge in [0.25, 0.3) is 0 Å². The normalized spacial score (nSPS) is 20.2. The minimum atomic E-state index is -3.41. The molecule has 0 aromatic heterocycles. The van der Waals surface area contributed by atoms with Crippen LogP contribution in [0.5, 0.6) is 0 Å². The Balaban J connectivity index is 2.00. The molecule has 1 aliphatic heterocycles. The van der Waals surface area contributed by atoms with E-state index >= 15 is 0 Å². The molecule has 4 nitrogen and oxygen atoms in total. The molecule has 0 saturated carbocycles. The van der Waals surface area contributed by atoms with Crippen LogP contribution in [-0.4, -0.2) is 33.9 Å². The Morgan fingerprint density at radius 1 is 1.39 bits per heavy atom. The molecule has 6 heteroatoms. The molecule has 2 rings (SSSR count). The van der Waals surface area contributed by atoms with Crippen LogP contribution >= 0.6 is 11.8 Å². The van der Waals surface area contributed by atoms with E-state index in [9.17, 15) is 8.42 Å². The lowest BCUT2D eigenvalue weighted by atomic mass is 10.2. The number of hydrogen-bond donors (Lipinski definition) is 1. The maximum Gasteiger partial charge on any atom is 0.240 e. The Hall–Kier alpha value is -0.560. The summed E-state index contributed by atoms with van der Waals surface area (Å²) in [7, 11) is -3.41. The number of hydrogen-bond acceptors (Lipinski definition) is 4. The predicted octanol–water partition coefficient (Wildman–Crippen LogP) is 1.87. The molecule has 18 heavy (non-hydrogen) atoms. The number of benzene rings is 1. The summed E-state index contributed by atoms with van der Waals surface area (Å²) < 4.78 is 32.0. The fourth-order valence-corrected chi connectivity index (χ4v) is 3.32. The van der Waals surface area contributed by atoms with E-state index in [1.807, 2.05) is 18.4 Å². The second kappa shape index (κ2) is 6.06. The van der Waals surface area contributed by atoms with Gasteiger partial charge in [-0.15, -0.1) is 11.8 Å². The predicted molar refractivity (Wildman–Crippen MR) is 72.4 cm³/mol. The van der Waals surface area contributed by atoms with Gasteiger partial charge in [0.1, 0.15) is 0 Å². The van der Waals surface area contributed by atoms with Crippen LogP contribution in [0.3, 0.4) is 0 Å². The maximum absolute atomic E-state index is 12.0. The second-order valence-electron chi connectivity index (χ2n) is 4.16. The van der Waals surface area contributed by atoms with Crippen molar-refractivity contribution in [2.24, 2.45) is 0 Å². The fourth-order valence-electron chi connectivity index (χ4n) is 1.85. The van der Waals surface area contributed by atoms with Crippen LogP contribution in [0.25, 0.3) is 0 Å². The van der Waals surface area contributed by atoms with Crippen molar-refractivity contribution < 1.29 is 13.2 Å². The SMILES string of the molecule is CSc1ccc(S(=O)(=O)NCC2CCCO2)cc1. The van der Waals surface area contributed by atoms with Gasteiger partial charge in [0, 0.05) is 18.0 Å². The van der Waals surface area contributed by atoms with Crippen molar-refractivity contribution in [2.45, 2.75) is 28.7 Å². The molecular weight excluding hydrogens is 270 g/mol. The molecule has 1 atom stereocenters. The third kappa shape index (κ3) is 3.47. The Morgan fingerprint density at radius 3 is 2.67 bits per heavy atom. The van der Waals surface area contributed by atoms with Crippen LogP contribution in [0.15, 0.2) is 34.1 Å².